The predicted octanol–water partition coefficient (Wildman–Crippen LogP) is 2.71. The van der Waals surface area contributed by atoms with Gasteiger partial charge in [-0.05, 0) is 40.7 Å². The smallest absolute Gasteiger partial charge is 0.463 e. The number of benzene rings is 1. The van der Waals surface area contributed by atoms with E-state index in [1.807, 2.05) is 27.7 Å². The summed E-state index contributed by atoms with van der Waals surface area (Å²) in [6, 6.07) is 5.26. The van der Waals surface area contributed by atoms with E-state index in [-0.39, 0.29) is 0 Å². The molecule has 1 aliphatic rings. The molecular weight excluding hydrogens is 267 g/mol. The standard InChI is InChI=1S/C16H21BO4/c1-11(2)19-13-9-7-8-12(10-18)14(13)17-20-15(3,4)16(5,6)21-17/h7-10H,1H2,2-6H3. The number of hydrogen-bond acceptors (Lipinski definition) is 4. The van der Waals surface area contributed by atoms with Crippen LogP contribution in [0.3, 0.4) is 0 Å². The van der Waals surface area contributed by atoms with Gasteiger partial charge in [-0.15, -0.1) is 0 Å². The number of hydrogen-bond donors (Lipinski definition) is 0. The fourth-order valence-electron chi connectivity index (χ4n) is 2.15. The molecule has 0 N–H and O–H groups in total. The van der Waals surface area contributed by atoms with E-state index >= 15 is 0 Å². The number of carbonyl (C=O) groups is 1. The predicted molar refractivity (Wildman–Crippen MR) is 83.0 cm³/mol. The zero-order valence-electron chi connectivity index (χ0n) is 13.2. The lowest BCUT2D eigenvalue weighted by atomic mass is 9.75. The van der Waals surface area contributed by atoms with Gasteiger partial charge in [0.15, 0.2) is 0 Å². The van der Waals surface area contributed by atoms with Crippen LogP contribution in [0.25, 0.3) is 0 Å². The Morgan fingerprint density at radius 3 is 2.29 bits per heavy atom. The Morgan fingerprint density at radius 2 is 1.81 bits per heavy atom. The molecule has 0 spiro atoms. The van der Waals surface area contributed by atoms with Crippen molar-refractivity contribution in [2.24, 2.45) is 0 Å². The molecule has 0 bridgehead atoms. The Morgan fingerprint density at radius 1 is 1.24 bits per heavy atom. The summed E-state index contributed by atoms with van der Waals surface area (Å²) in [6.45, 7) is 13.4. The summed E-state index contributed by atoms with van der Waals surface area (Å²) < 4.78 is 17.7. The van der Waals surface area contributed by atoms with E-state index in [4.69, 9.17) is 14.0 Å². The molecule has 0 radical (unpaired) electrons. The molecule has 1 aliphatic heterocycles. The van der Waals surface area contributed by atoms with Crippen molar-refractivity contribution < 1.29 is 18.8 Å². The van der Waals surface area contributed by atoms with Crippen molar-refractivity contribution in [2.75, 3.05) is 0 Å². The van der Waals surface area contributed by atoms with Crippen molar-refractivity contribution in [3.8, 4) is 5.75 Å². The highest BCUT2D eigenvalue weighted by Crippen LogP contribution is 2.37. The first-order chi connectivity index (χ1) is 9.68. The average Bonchev–Trinajstić information content (AvgIpc) is 2.57. The van der Waals surface area contributed by atoms with Gasteiger partial charge < -0.3 is 14.0 Å². The molecule has 5 heteroatoms. The molecule has 21 heavy (non-hydrogen) atoms. The molecule has 0 atom stereocenters. The van der Waals surface area contributed by atoms with Crippen LogP contribution in [0, 0.1) is 0 Å². The Bertz CT molecular complexity index is 562. The molecule has 2 rings (SSSR count). The van der Waals surface area contributed by atoms with Crippen LogP contribution in [0.4, 0.5) is 0 Å². The van der Waals surface area contributed by atoms with Gasteiger partial charge in [-0.1, -0.05) is 18.7 Å². The van der Waals surface area contributed by atoms with E-state index in [0.29, 0.717) is 22.5 Å². The molecule has 1 aromatic carbocycles. The van der Waals surface area contributed by atoms with Crippen LogP contribution in [0.1, 0.15) is 45.0 Å². The number of rotatable bonds is 4. The maximum atomic E-state index is 11.4. The average molecular weight is 288 g/mol. The van der Waals surface area contributed by atoms with Gasteiger partial charge in [0.1, 0.15) is 12.0 Å². The maximum absolute atomic E-state index is 11.4. The van der Waals surface area contributed by atoms with Gasteiger partial charge in [-0.3, -0.25) is 4.79 Å². The number of aldehydes is 1. The van der Waals surface area contributed by atoms with Crippen molar-refractivity contribution >= 4 is 18.9 Å². The van der Waals surface area contributed by atoms with Crippen molar-refractivity contribution in [3.63, 3.8) is 0 Å². The normalized spacial score (nSPS) is 19.4. The maximum Gasteiger partial charge on any atom is 0.499 e. The largest absolute Gasteiger partial charge is 0.499 e. The van der Waals surface area contributed by atoms with E-state index < -0.39 is 18.3 Å². The van der Waals surface area contributed by atoms with Crippen molar-refractivity contribution in [1.29, 1.82) is 0 Å². The van der Waals surface area contributed by atoms with Crippen LogP contribution in [-0.2, 0) is 9.31 Å². The number of allylic oxidation sites excluding steroid dienone is 1. The Labute approximate surface area is 126 Å². The van der Waals surface area contributed by atoms with E-state index in [2.05, 4.69) is 6.58 Å². The highest BCUT2D eigenvalue weighted by Gasteiger charge is 2.53. The molecule has 0 saturated carbocycles. The molecule has 1 aromatic rings. The van der Waals surface area contributed by atoms with Crippen LogP contribution >= 0.6 is 0 Å². The van der Waals surface area contributed by atoms with Gasteiger partial charge in [0, 0.05) is 11.0 Å². The van der Waals surface area contributed by atoms with Crippen molar-refractivity contribution in [2.45, 2.75) is 45.8 Å². The highest BCUT2D eigenvalue weighted by molar-refractivity contribution is 6.64. The first-order valence-corrected chi connectivity index (χ1v) is 6.95. The second kappa shape index (κ2) is 5.32. The lowest BCUT2D eigenvalue weighted by Crippen LogP contribution is -2.41. The Kier molecular flexibility index (Phi) is 4.00. The summed E-state index contributed by atoms with van der Waals surface area (Å²) in [5.41, 5.74) is 0.142. The summed E-state index contributed by atoms with van der Waals surface area (Å²) >= 11 is 0. The first-order valence-electron chi connectivity index (χ1n) is 6.95. The third kappa shape index (κ3) is 2.89. The molecule has 1 saturated heterocycles. The third-order valence-electron chi connectivity index (χ3n) is 4.00. The molecule has 1 heterocycles. The van der Waals surface area contributed by atoms with Gasteiger partial charge in [0.2, 0.25) is 0 Å². The van der Waals surface area contributed by atoms with Crippen LogP contribution < -0.4 is 10.2 Å². The summed E-state index contributed by atoms with van der Waals surface area (Å²) in [5, 5.41) is 0. The lowest BCUT2D eigenvalue weighted by molar-refractivity contribution is 0.00578. The van der Waals surface area contributed by atoms with Crippen molar-refractivity contribution in [1.82, 2.24) is 0 Å². The van der Waals surface area contributed by atoms with Gasteiger partial charge in [0.25, 0.3) is 0 Å². The third-order valence-corrected chi connectivity index (χ3v) is 4.00. The fourth-order valence-corrected chi connectivity index (χ4v) is 2.15. The van der Waals surface area contributed by atoms with Gasteiger partial charge >= 0.3 is 7.12 Å². The highest BCUT2D eigenvalue weighted by atomic mass is 16.7. The summed E-state index contributed by atoms with van der Waals surface area (Å²) in [5.74, 6) is 1.07. The Hall–Kier alpha value is -1.59. The van der Waals surface area contributed by atoms with Crippen LogP contribution in [-0.4, -0.2) is 24.6 Å². The SMILES string of the molecule is C=C(C)Oc1cccc(C=O)c1B1OC(C)(C)C(C)(C)O1. The lowest BCUT2D eigenvalue weighted by Gasteiger charge is -2.32. The molecule has 0 unspecified atom stereocenters. The zero-order chi connectivity index (χ0) is 15.8. The van der Waals surface area contributed by atoms with Crippen LogP contribution in [0.2, 0.25) is 0 Å². The second-order valence-corrected chi connectivity index (χ2v) is 6.27. The monoisotopic (exact) mass is 288 g/mol. The fraction of sp³-hybridized carbons (Fsp3) is 0.438. The van der Waals surface area contributed by atoms with Crippen LogP contribution in [0.5, 0.6) is 5.75 Å². The van der Waals surface area contributed by atoms with Gasteiger partial charge in [0.05, 0.1) is 17.0 Å². The molecule has 1 fully saturated rings. The first kappa shape index (κ1) is 15.8. The number of ether oxygens (including phenoxy) is 1. The van der Waals surface area contributed by atoms with E-state index in [1.165, 1.54) is 0 Å². The van der Waals surface area contributed by atoms with Gasteiger partial charge in [-0.25, -0.2) is 0 Å². The minimum absolute atomic E-state index is 0.478. The molecule has 0 aromatic heterocycles. The molecule has 4 nitrogen and oxygen atoms in total. The van der Waals surface area contributed by atoms with E-state index in [9.17, 15) is 4.79 Å². The second-order valence-electron chi connectivity index (χ2n) is 6.27. The molecule has 0 aliphatic carbocycles. The molecular formula is C16H21BO4. The quantitative estimate of drug-likeness (QED) is 0.485. The number of carbonyl (C=O) groups excluding carboxylic acids is 1. The van der Waals surface area contributed by atoms with Crippen LogP contribution in [0.15, 0.2) is 30.5 Å². The summed E-state index contributed by atoms with van der Waals surface area (Å²) in [6.07, 6.45) is 0.783. The van der Waals surface area contributed by atoms with Crippen molar-refractivity contribution in [3.05, 3.63) is 36.1 Å². The summed E-state index contributed by atoms with van der Waals surface area (Å²) in [7, 11) is -0.647. The van der Waals surface area contributed by atoms with E-state index in [1.54, 1.807) is 25.1 Å². The zero-order valence-corrected chi connectivity index (χ0v) is 13.2. The molecule has 112 valence electrons. The Balaban J connectivity index is 2.48. The van der Waals surface area contributed by atoms with E-state index in [0.717, 1.165) is 6.29 Å². The summed E-state index contributed by atoms with van der Waals surface area (Å²) in [4.78, 5) is 11.4. The minimum Gasteiger partial charge on any atom is -0.463 e. The van der Waals surface area contributed by atoms with Gasteiger partial charge in [-0.2, -0.15) is 0 Å². The molecule has 0 amide bonds. The minimum atomic E-state index is -0.647. The topological polar surface area (TPSA) is 44.8 Å².